The molecule has 1 aromatic rings. The van der Waals surface area contributed by atoms with E-state index in [2.05, 4.69) is 35.8 Å². The monoisotopic (exact) mass is 309 g/mol. The Morgan fingerprint density at radius 2 is 1.86 bits per heavy atom. The molecule has 1 heterocycles. The molecule has 0 radical (unpaired) electrons. The fraction of sp³-hybridized carbons (Fsp3) is 0.647. The van der Waals surface area contributed by atoms with E-state index in [0.717, 1.165) is 43.4 Å². The van der Waals surface area contributed by atoms with Crippen LogP contribution in [0.2, 0.25) is 5.02 Å². The molecule has 2 rings (SSSR count). The lowest BCUT2D eigenvalue weighted by atomic mass is 9.95. The van der Waals surface area contributed by atoms with Crippen LogP contribution in [0.3, 0.4) is 0 Å². The number of hydrogen-bond donors (Lipinski definition) is 1. The minimum atomic E-state index is 0.512. The predicted octanol–water partition coefficient (Wildman–Crippen LogP) is 3.23. The molecule has 0 bridgehead atoms. The lowest BCUT2D eigenvalue weighted by Crippen LogP contribution is -2.54. The Bertz CT molecular complexity index is 430. The zero-order valence-corrected chi connectivity index (χ0v) is 14.0. The van der Waals surface area contributed by atoms with E-state index < -0.39 is 0 Å². The van der Waals surface area contributed by atoms with E-state index in [1.807, 2.05) is 12.1 Å². The topological polar surface area (TPSA) is 32.5 Å². The van der Waals surface area contributed by atoms with E-state index in [0.29, 0.717) is 12.0 Å². The number of nitrogens with two attached hydrogens (primary N) is 1. The van der Waals surface area contributed by atoms with Crippen LogP contribution in [0.4, 0.5) is 5.69 Å². The van der Waals surface area contributed by atoms with Gasteiger partial charge in [-0.25, -0.2) is 0 Å². The van der Waals surface area contributed by atoms with E-state index in [4.69, 9.17) is 17.3 Å². The van der Waals surface area contributed by atoms with E-state index in [-0.39, 0.29) is 0 Å². The summed E-state index contributed by atoms with van der Waals surface area (Å²) in [4.78, 5) is 4.95. The summed E-state index contributed by atoms with van der Waals surface area (Å²) in [5, 5.41) is 0.848. The molecular weight excluding hydrogens is 282 g/mol. The molecule has 2 unspecified atom stereocenters. The molecule has 3 nitrogen and oxygen atoms in total. The quantitative estimate of drug-likeness (QED) is 0.875. The second kappa shape index (κ2) is 8.02. The fourth-order valence-corrected chi connectivity index (χ4v) is 3.65. The molecule has 0 amide bonds. The highest BCUT2D eigenvalue weighted by Crippen LogP contribution is 2.27. The molecule has 0 aromatic heterocycles. The number of anilines is 1. The summed E-state index contributed by atoms with van der Waals surface area (Å²) in [6.45, 7) is 9.54. The first kappa shape index (κ1) is 16.6. The molecule has 2 N–H and O–H groups in total. The van der Waals surface area contributed by atoms with Crippen LogP contribution in [-0.4, -0.2) is 43.7 Å². The first-order valence-electron chi connectivity index (χ1n) is 8.11. The number of piperazine rings is 1. The maximum atomic E-state index is 6.30. The third-order valence-corrected chi connectivity index (χ3v) is 4.94. The average Bonchev–Trinajstić information content (AvgIpc) is 2.50. The second-order valence-electron chi connectivity index (χ2n) is 6.04. The summed E-state index contributed by atoms with van der Waals surface area (Å²) < 4.78 is 0. The van der Waals surface area contributed by atoms with Gasteiger partial charge < -0.3 is 10.6 Å². The molecule has 2 atom stereocenters. The zero-order chi connectivity index (χ0) is 15.2. The van der Waals surface area contributed by atoms with Crippen LogP contribution in [0.5, 0.6) is 0 Å². The van der Waals surface area contributed by atoms with Crippen molar-refractivity contribution < 1.29 is 0 Å². The first-order valence-corrected chi connectivity index (χ1v) is 8.48. The summed E-state index contributed by atoms with van der Waals surface area (Å²) in [5.41, 5.74) is 7.19. The third kappa shape index (κ3) is 4.12. The Morgan fingerprint density at radius 1 is 1.19 bits per heavy atom. The van der Waals surface area contributed by atoms with Crippen LogP contribution in [0.15, 0.2) is 24.3 Å². The lowest BCUT2D eigenvalue weighted by molar-refractivity contribution is 0.139. The molecule has 1 fully saturated rings. The minimum absolute atomic E-state index is 0.512. The number of benzene rings is 1. The predicted molar refractivity (Wildman–Crippen MR) is 92.2 cm³/mol. The highest BCUT2D eigenvalue weighted by atomic mass is 35.5. The van der Waals surface area contributed by atoms with Gasteiger partial charge in [0.25, 0.3) is 0 Å². The number of nitrogens with zero attached hydrogens (tertiary/aromatic N) is 2. The maximum absolute atomic E-state index is 6.30. The highest BCUT2D eigenvalue weighted by Gasteiger charge is 2.26. The minimum Gasteiger partial charge on any atom is -0.368 e. The first-order chi connectivity index (χ1) is 10.2. The van der Waals surface area contributed by atoms with Gasteiger partial charge in [-0.1, -0.05) is 44.0 Å². The maximum Gasteiger partial charge on any atom is 0.0639 e. The van der Waals surface area contributed by atoms with Crippen LogP contribution < -0.4 is 10.6 Å². The molecule has 0 aliphatic carbocycles. The highest BCUT2D eigenvalue weighted by molar-refractivity contribution is 6.33. The van der Waals surface area contributed by atoms with Crippen molar-refractivity contribution in [3.05, 3.63) is 29.3 Å². The zero-order valence-electron chi connectivity index (χ0n) is 13.3. The van der Waals surface area contributed by atoms with Crippen molar-refractivity contribution in [2.45, 2.75) is 32.7 Å². The van der Waals surface area contributed by atoms with Gasteiger partial charge in [-0.2, -0.15) is 0 Å². The van der Waals surface area contributed by atoms with E-state index >= 15 is 0 Å². The van der Waals surface area contributed by atoms with E-state index in [1.165, 1.54) is 12.8 Å². The third-order valence-electron chi connectivity index (χ3n) is 4.62. The van der Waals surface area contributed by atoms with Gasteiger partial charge in [0.1, 0.15) is 0 Å². The van der Waals surface area contributed by atoms with Gasteiger partial charge in [0.2, 0.25) is 0 Å². The van der Waals surface area contributed by atoms with Crippen molar-refractivity contribution in [3.63, 3.8) is 0 Å². The summed E-state index contributed by atoms with van der Waals surface area (Å²) in [5.74, 6) is 0.673. The van der Waals surface area contributed by atoms with Gasteiger partial charge in [-0.05, 0) is 24.5 Å². The van der Waals surface area contributed by atoms with Crippen LogP contribution >= 0.6 is 11.6 Å². The van der Waals surface area contributed by atoms with Gasteiger partial charge in [-0.3, -0.25) is 4.90 Å². The van der Waals surface area contributed by atoms with Gasteiger partial charge >= 0.3 is 0 Å². The molecule has 1 saturated heterocycles. The van der Waals surface area contributed by atoms with Crippen LogP contribution in [0.1, 0.15) is 26.7 Å². The summed E-state index contributed by atoms with van der Waals surface area (Å²) in [6.07, 6.45) is 2.49. The molecule has 0 saturated carbocycles. The SMILES string of the molecule is CCCC(C)C(CN)N1CCN(c2ccccc2Cl)CC1. The van der Waals surface area contributed by atoms with Gasteiger partial charge in [0, 0.05) is 38.8 Å². The Balaban J connectivity index is 1.95. The van der Waals surface area contributed by atoms with E-state index in [1.54, 1.807) is 0 Å². The molecule has 0 spiro atoms. The van der Waals surface area contributed by atoms with Crippen molar-refractivity contribution in [2.75, 3.05) is 37.6 Å². The van der Waals surface area contributed by atoms with Crippen molar-refractivity contribution in [1.29, 1.82) is 0 Å². The smallest absolute Gasteiger partial charge is 0.0639 e. The van der Waals surface area contributed by atoms with Crippen LogP contribution in [0, 0.1) is 5.92 Å². The molecule has 1 aliphatic rings. The Labute approximate surface area is 134 Å². The van der Waals surface area contributed by atoms with Gasteiger partial charge in [-0.15, -0.1) is 0 Å². The lowest BCUT2D eigenvalue weighted by Gasteiger charge is -2.42. The summed E-state index contributed by atoms with van der Waals surface area (Å²) >= 11 is 6.30. The van der Waals surface area contributed by atoms with E-state index in [9.17, 15) is 0 Å². The van der Waals surface area contributed by atoms with Gasteiger partial charge in [0.05, 0.1) is 10.7 Å². The van der Waals surface area contributed by atoms with Crippen molar-refractivity contribution in [2.24, 2.45) is 11.7 Å². The van der Waals surface area contributed by atoms with Crippen LogP contribution in [0.25, 0.3) is 0 Å². The van der Waals surface area contributed by atoms with Crippen molar-refractivity contribution >= 4 is 17.3 Å². The summed E-state index contributed by atoms with van der Waals surface area (Å²) in [6, 6.07) is 8.63. The second-order valence-corrected chi connectivity index (χ2v) is 6.45. The van der Waals surface area contributed by atoms with Crippen LogP contribution in [-0.2, 0) is 0 Å². The fourth-order valence-electron chi connectivity index (χ4n) is 3.39. The largest absolute Gasteiger partial charge is 0.368 e. The number of para-hydroxylation sites is 1. The van der Waals surface area contributed by atoms with Gasteiger partial charge in [0.15, 0.2) is 0 Å². The summed E-state index contributed by atoms with van der Waals surface area (Å²) in [7, 11) is 0. The Kier molecular flexibility index (Phi) is 6.34. The number of halogens is 1. The van der Waals surface area contributed by atoms with Crippen molar-refractivity contribution in [1.82, 2.24) is 4.90 Å². The van der Waals surface area contributed by atoms with Crippen molar-refractivity contribution in [3.8, 4) is 0 Å². The molecule has 4 heteroatoms. The Hall–Kier alpha value is -0.770. The number of rotatable bonds is 6. The Morgan fingerprint density at radius 3 is 2.43 bits per heavy atom. The molecule has 1 aliphatic heterocycles. The molecule has 1 aromatic carbocycles. The standard InChI is InChI=1S/C17H28ClN3/c1-3-6-14(2)17(13-19)21-11-9-20(10-12-21)16-8-5-4-7-15(16)18/h4-5,7-8,14,17H,3,6,9-13,19H2,1-2H3. The normalized spacial score (nSPS) is 19.5. The molecule has 21 heavy (non-hydrogen) atoms. The number of hydrogen-bond acceptors (Lipinski definition) is 3. The molecule has 118 valence electrons. The molecular formula is C17H28ClN3. The average molecular weight is 310 g/mol.